The lowest BCUT2D eigenvalue weighted by Gasteiger charge is -2.23. The van der Waals surface area contributed by atoms with Crippen molar-refractivity contribution in [1.29, 1.82) is 0 Å². The van der Waals surface area contributed by atoms with E-state index in [9.17, 15) is 4.79 Å². The highest BCUT2D eigenvalue weighted by molar-refractivity contribution is 5.76. The molecule has 0 fully saturated rings. The van der Waals surface area contributed by atoms with Gasteiger partial charge in [-0.25, -0.2) is 0 Å². The maximum Gasteiger partial charge on any atom is 0.312 e. The fourth-order valence-corrected chi connectivity index (χ4v) is 1.09. The first-order chi connectivity index (χ1) is 5.10. The van der Waals surface area contributed by atoms with Crippen LogP contribution in [-0.2, 0) is 9.53 Å². The van der Waals surface area contributed by atoms with Gasteiger partial charge >= 0.3 is 5.97 Å². The van der Waals surface area contributed by atoms with Gasteiger partial charge in [0.1, 0.15) is 0 Å². The second kappa shape index (κ2) is 4.34. The van der Waals surface area contributed by atoms with Gasteiger partial charge in [-0.3, -0.25) is 4.79 Å². The highest BCUT2D eigenvalue weighted by atomic mass is 16.5. The summed E-state index contributed by atoms with van der Waals surface area (Å²) in [7, 11) is 1.39. The van der Waals surface area contributed by atoms with Crippen molar-refractivity contribution in [3.63, 3.8) is 0 Å². The molecule has 0 amide bonds. The molecule has 3 heteroatoms. The zero-order chi connectivity index (χ0) is 8.91. The Bertz CT molecular complexity index is 136. The lowest BCUT2D eigenvalue weighted by molar-refractivity contribution is -0.151. The second-order valence-corrected chi connectivity index (χ2v) is 3.01. The first-order valence-electron chi connectivity index (χ1n) is 3.89. The Kier molecular flexibility index (Phi) is 4.11. The molecule has 0 spiro atoms. The van der Waals surface area contributed by atoms with Crippen LogP contribution in [0.5, 0.6) is 0 Å². The first-order valence-corrected chi connectivity index (χ1v) is 3.89. The summed E-state index contributed by atoms with van der Waals surface area (Å²) in [6.07, 6.45) is 1.74. The van der Waals surface area contributed by atoms with Crippen LogP contribution < -0.4 is 5.73 Å². The van der Waals surface area contributed by atoms with E-state index in [4.69, 9.17) is 5.73 Å². The van der Waals surface area contributed by atoms with Crippen LogP contribution in [0.15, 0.2) is 0 Å². The monoisotopic (exact) mass is 159 g/mol. The fraction of sp³-hybridized carbons (Fsp3) is 0.875. The molecule has 2 N–H and O–H groups in total. The molecule has 0 aliphatic rings. The third-order valence-corrected chi connectivity index (χ3v) is 1.93. The number of rotatable bonds is 4. The molecule has 0 rings (SSSR count). The van der Waals surface area contributed by atoms with E-state index in [1.54, 1.807) is 0 Å². The van der Waals surface area contributed by atoms with E-state index >= 15 is 0 Å². The van der Waals surface area contributed by atoms with Gasteiger partial charge in [-0.2, -0.15) is 0 Å². The fourth-order valence-electron chi connectivity index (χ4n) is 1.09. The van der Waals surface area contributed by atoms with E-state index in [2.05, 4.69) is 4.74 Å². The van der Waals surface area contributed by atoms with Crippen LogP contribution in [-0.4, -0.2) is 19.6 Å². The second-order valence-electron chi connectivity index (χ2n) is 3.01. The van der Waals surface area contributed by atoms with Crippen molar-refractivity contribution in [1.82, 2.24) is 0 Å². The molecule has 11 heavy (non-hydrogen) atoms. The summed E-state index contributed by atoms with van der Waals surface area (Å²) in [5.74, 6) is -0.207. The molecule has 0 saturated carbocycles. The highest BCUT2D eigenvalue weighted by Crippen LogP contribution is 2.22. The number of esters is 1. The average molecular weight is 159 g/mol. The molecular formula is C8H17NO2. The summed E-state index contributed by atoms with van der Waals surface area (Å²) in [6.45, 7) is 4.21. The van der Waals surface area contributed by atoms with Crippen molar-refractivity contribution in [3.8, 4) is 0 Å². The Morgan fingerprint density at radius 1 is 1.64 bits per heavy atom. The third kappa shape index (κ3) is 2.50. The maximum atomic E-state index is 11.2. The number of hydrogen-bond donors (Lipinski definition) is 1. The third-order valence-electron chi connectivity index (χ3n) is 1.93. The van der Waals surface area contributed by atoms with E-state index in [1.165, 1.54) is 7.11 Å². The normalized spacial score (nSPS) is 15.6. The molecule has 1 atom stereocenters. The van der Waals surface area contributed by atoms with Crippen molar-refractivity contribution in [2.24, 2.45) is 11.1 Å². The average Bonchev–Trinajstić information content (AvgIpc) is 2.03. The predicted molar refractivity (Wildman–Crippen MR) is 44.1 cm³/mol. The molecule has 0 aliphatic carbocycles. The van der Waals surface area contributed by atoms with Gasteiger partial charge in [-0.15, -0.1) is 0 Å². The molecule has 0 aromatic heterocycles. The maximum absolute atomic E-state index is 11.2. The smallest absolute Gasteiger partial charge is 0.312 e. The molecule has 0 aromatic carbocycles. The van der Waals surface area contributed by atoms with Crippen LogP contribution in [0.25, 0.3) is 0 Å². The molecule has 3 nitrogen and oxygen atoms in total. The largest absolute Gasteiger partial charge is 0.469 e. The van der Waals surface area contributed by atoms with Crippen LogP contribution in [0.1, 0.15) is 26.7 Å². The first kappa shape index (κ1) is 10.4. The molecule has 0 saturated heterocycles. The lowest BCUT2D eigenvalue weighted by Crippen LogP contribution is -2.36. The van der Waals surface area contributed by atoms with Gasteiger partial charge < -0.3 is 10.5 Å². The van der Waals surface area contributed by atoms with Gasteiger partial charge in [0.25, 0.3) is 0 Å². The number of ether oxygens (including phenoxy) is 1. The molecule has 0 unspecified atom stereocenters. The number of methoxy groups -OCH3 is 1. The topological polar surface area (TPSA) is 52.3 Å². The highest BCUT2D eigenvalue weighted by Gasteiger charge is 2.31. The minimum atomic E-state index is -0.483. The van der Waals surface area contributed by atoms with Crippen molar-refractivity contribution < 1.29 is 9.53 Å². The lowest BCUT2D eigenvalue weighted by atomic mass is 9.86. The van der Waals surface area contributed by atoms with Crippen molar-refractivity contribution in [3.05, 3.63) is 0 Å². The molecule has 0 radical (unpaired) electrons. The van der Waals surface area contributed by atoms with Crippen LogP contribution >= 0.6 is 0 Å². The number of carbonyl (C=O) groups excluding carboxylic acids is 1. The van der Waals surface area contributed by atoms with Gasteiger partial charge in [0.2, 0.25) is 0 Å². The van der Waals surface area contributed by atoms with E-state index in [1.807, 2.05) is 13.8 Å². The van der Waals surface area contributed by atoms with Crippen molar-refractivity contribution >= 4 is 5.97 Å². The molecule has 0 aliphatic heterocycles. The molecule has 0 bridgehead atoms. The zero-order valence-electron chi connectivity index (χ0n) is 7.52. The van der Waals surface area contributed by atoms with E-state index in [-0.39, 0.29) is 5.97 Å². The van der Waals surface area contributed by atoms with Gasteiger partial charge in [0.05, 0.1) is 12.5 Å². The SMILES string of the molecule is CCC[C@@](C)(CN)C(=O)OC. The van der Waals surface area contributed by atoms with Gasteiger partial charge in [0, 0.05) is 6.54 Å². The van der Waals surface area contributed by atoms with Crippen LogP contribution in [0, 0.1) is 5.41 Å². The standard InChI is InChI=1S/C8H17NO2/c1-4-5-8(2,6-9)7(10)11-3/h4-6,9H2,1-3H3/t8-/m0/s1. The quantitative estimate of drug-likeness (QED) is 0.621. The summed E-state index contributed by atoms with van der Waals surface area (Å²) < 4.78 is 4.64. The molecule has 66 valence electrons. The summed E-state index contributed by atoms with van der Waals surface area (Å²) in [5.41, 5.74) is 4.99. The van der Waals surface area contributed by atoms with Gasteiger partial charge in [0.15, 0.2) is 0 Å². The minimum Gasteiger partial charge on any atom is -0.469 e. The Morgan fingerprint density at radius 3 is 2.45 bits per heavy atom. The summed E-state index contributed by atoms with van der Waals surface area (Å²) >= 11 is 0. The summed E-state index contributed by atoms with van der Waals surface area (Å²) in [5, 5.41) is 0. The van der Waals surface area contributed by atoms with Crippen molar-refractivity contribution in [2.45, 2.75) is 26.7 Å². The Hall–Kier alpha value is -0.570. The Labute approximate surface area is 67.9 Å². The van der Waals surface area contributed by atoms with Crippen LogP contribution in [0.4, 0.5) is 0 Å². The molecule has 0 heterocycles. The van der Waals surface area contributed by atoms with Crippen LogP contribution in [0.2, 0.25) is 0 Å². The number of hydrogen-bond acceptors (Lipinski definition) is 3. The minimum absolute atomic E-state index is 0.207. The predicted octanol–water partition coefficient (Wildman–Crippen LogP) is 0.924. The Morgan fingerprint density at radius 2 is 2.18 bits per heavy atom. The summed E-state index contributed by atoms with van der Waals surface area (Å²) in [4.78, 5) is 11.2. The molecule has 0 aromatic rings. The number of nitrogens with two attached hydrogens (primary N) is 1. The number of carbonyl (C=O) groups is 1. The van der Waals surface area contributed by atoms with Gasteiger partial charge in [-0.05, 0) is 13.3 Å². The zero-order valence-corrected chi connectivity index (χ0v) is 7.52. The summed E-state index contributed by atoms with van der Waals surface area (Å²) in [6, 6.07) is 0. The van der Waals surface area contributed by atoms with Gasteiger partial charge in [-0.1, -0.05) is 13.3 Å². The van der Waals surface area contributed by atoms with Crippen LogP contribution in [0.3, 0.4) is 0 Å². The molecular weight excluding hydrogens is 142 g/mol. The Balaban J connectivity index is 4.19. The van der Waals surface area contributed by atoms with E-state index < -0.39 is 5.41 Å². The van der Waals surface area contributed by atoms with E-state index in [0.29, 0.717) is 6.54 Å². The van der Waals surface area contributed by atoms with Crippen molar-refractivity contribution in [2.75, 3.05) is 13.7 Å². The van der Waals surface area contributed by atoms with E-state index in [0.717, 1.165) is 12.8 Å².